The van der Waals surface area contributed by atoms with E-state index in [9.17, 15) is 24.5 Å². The van der Waals surface area contributed by atoms with Crippen LogP contribution in [0.4, 0.5) is 16.2 Å². The van der Waals surface area contributed by atoms with Crippen LogP contribution in [0.5, 0.6) is 5.75 Å². The van der Waals surface area contributed by atoms with Gasteiger partial charge in [0.1, 0.15) is 24.6 Å². The number of amides is 4. The van der Waals surface area contributed by atoms with Gasteiger partial charge in [-0.25, -0.2) is 9.69 Å². The Morgan fingerprint density at radius 1 is 1.02 bits per heavy atom. The number of hydrogen-bond acceptors (Lipinski definition) is 6. The molecule has 1 heterocycles. The van der Waals surface area contributed by atoms with E-state index in [-0.39, 0.29) is 18.0 Å². The zero-order valence-electron chi connectivity index (χ0n) is 21.4. The van der Waals surface area contributed by atoms with Gasteiger partial charge >= 0.3 is 6.03 Å². The standard InChI is InChI=1S/C30H24N4O6/c1-19-9-12-22(13-10-19)31-28(35)17-33-29(36)26(32-30(33)37)16-25-24-8-3-2-6-21(24)11-14-27(25)40-18-20-5-4-7-23(15-20)34(38)39/h2-16H,17-18H2,1H3,(H,31,35)(H,32,37)/b26-16+. The highest BCUT2D eigenvalue weighted by Crippen LogP contribution is 2.32. The van der Waals surface area contributed by atoms with Crippen LogP contribution in [0.3, 0.4) is 0 Å². The van der Waals surface area contributed by atoms with Crippen LogP contribution in [-0.2, 0) is 16.2 Å². The summed E-state index contributed by atoms with van der Waals surface area (Å²) in [6.45, 7) is 1.51. The van der Waals surface area contributed by atoms with E-state index < -0.39 is 29.3 Å². The van der Waals surface area contributed by atoms with Crippen molar-refractivity contribution in [3.05, 3.63) is 117 Å². The molecule has 0 aromatic heterocycles. The molecule has 4 amide bonds. The summed E-state index contributed by atoms with van der Waals surface area (Å²) in [5, 5.41) is 18.0. The van der Waals surface area contributed by atoms with Crippen molar-refractivity contribution >= 4 is 46.1 Å². The lowest BCUT2D eigenvalue weighted by molar-refractivity contribution is -0.384. The molecule has 1 aliphatic heterocycles. The first-order chi connectivity index (χ1) is 19.3. The first-order valence-corrected chi connectivity index (χ1v) is 12.4. The zero-order chi connectivity index (χ0) is 28.2. The summed E-state index contributed by atoms with van der Waals surface area (Å²) in [6, 6.07) is 23.6. The Labute approximate surface area is 229 Å². The van der Waals surface area contributed by atoms with Gasteiger partial charge < -0.3 is 15.4 Å². The van der Waals surface area contributed by atoms with Crippen molar-refractivity contribution in [1.82, 2.24) is 10.2 Å². The summed E-state index contributed by atoms with van der Waals surface area (Å²) in [5.41, 5.74) is 2.66. The summed E-state index contributed by atoms with van der Waals surface area (Å²) in [6.07, 6.45) is 1.52. The Morgan fingerprint density at radius 2 is 1.80 bits per heavy atom. The van der Waals surface area contributed by atoms with Gasteiger partial charge in [-0.2, -0.15) is 0 Å². The molecule has 10 heteroatoms. The topological polar surface area (TPSA) is 131 Å². The zero-order valence-corrected chi connectivity index (χ0v) is 21.4. The molecule has 0 radical (unpaired) electrons. The summed E-state index contributed by atoms with van der Waals surface area (Å²) < 4.78 is 6.04. The molecule has 0 unspecified atom stereocenters. The Kier molecular flexibility index (Phi) is 7.23. The predicted octanol–water partition coefficient (Wildman–Crippen LogP) is 5.17. The van der Waals surface area contributed by atoms with Crippen molar-refractivity contribution < 1.29 is 24.0 Å². The maximum Gasteiger partial charge on any atom is 0.329 e. The van der Waals surface area contributed by atoms with Gasteiger partial charge in [0.15, 0.2) is 0 Å². The van der Waals surface area contributed by atoms with Gasteiger partial charge in [-0.1, -0.05) is 60.2 Å². The lowest BCUT2D eigenvalue weighted by atomic mass is 10.0. The van der Waals surface area contributed by atoms with Gasteiger partial charge in [0.25, 0.3) is 11.6 Å². The number of non-ortho nitro benzene ring substituents is 1. The molecule has 5 rings (SSSR count). The lowest BCUT2D eigenvalue weighted by Gasteiger charge is -2.13. The number of hydrogen-bond donors (Lipinski definition) is 2. The molecule has 2 N–H and O–H groups in total. The second kappa shape index (κ2) is 11.1. The fraction of sp³-hybridized carbons (Fsp3) is 0.100. The molecule has 10 nitrogen and oxygen atoms in total. The van der Waals surface area contributed by atoms with E-state index in [0.29, 0.717) is 22.6 Å². The minimum atomic E-state index is -0.713. The van der Waals surface area contributed by atoms with Gasteiger partial charge in [0, 0.05) is 23.4 Å². The molecule has 0 spiro atoms. The Hall–Kier alpha value is -5.51. The Balaban J connectivity index is 1.39. The highest BCUT2D eigenvalue weighted by molar-refractivity contribution is 6.16. The highest BCUT2D eigenvalue weighted by atomic mass is 16.6. The Bertz CT molecular complexity index is 1680. The second-order valence-corrected chi connectivity index (χ2v) is 9.21. The Morgan fingerprint density at radius 3 is 2.58 bits per heavy atom. The summed E-state index contributed by atoms with van der Waals surface area (Å²) in [4.78, 5) is 49.9. The maximum atomic E-state index is 13.2. The maximum absolute atomic E-state index is 13.2. The van der Waals surface area contributed by atoms with Crippen LogP contribution in [0, 0.1) is 17.0 Å². The minimum Gasteiger partial charge on any atom is -0.488 e. The molecule has 0 saturated carbocycles. The summed E-state index contributed by atoms with van der Waals surface area (Å²) in [5.74, 6) is -0.753. The van der Waals surface area contributed by atoms with Crippen LogP contribution >= 0.6 is 0 Å². The number of anilines is 1. The van der Waals surface area contributed by atoms with Crippen molar-refractivity contribution in [2.75, 3.05) is 11.9 Å². The molecular weight excluding hydrogens is 512 g/mol. The largest absolute Gasteiger partial charge is 0.488 e. The lowest BCUT2D eigenvalue weighted by Crippen LogP contribution is -2.38. The molecular formula is C30H24N4O6. The van der Waals surface area contributed by atoms with Crippen molar-refractivity contribution in [2.45, 2.75) is 13.5 Å². The van der Waals surface area contributed by atoms with E-state index in [0.717, 1.165) is 21.2 Å². The van der Waals surface area contributed by atoms with E-state index in [2.05, 4.69) is 10.6 Å². The molecule has 40 heavy (non-hydrogen) atoms. The number of aryl methyl sites for hydroxylation is 1. The quantitative estimate of drug-likeness (QED) is 0.138. The number of nitrogens with zero attached hydrogens (tertiary/aromatic N) is 2. The number of nitrogens with one attached hydrogen (secondary N) is 2. The number of rotatable bonds is 8. The average Bonchev–Trinajstić information content (AvgIpc) is 3.21. The van der Waals surface area contributed by atoms with Crippen molar-refractivity contribution in [1.29, 1.82) is 0 Å². The van der Waals surface area contributed by atoms with Crippen LogP contribution < -0.4 is 15.4 Å². The summed E-state index contributed by atoms with van der Waals surface area (Å²) in [7, 11) is 0. The van der Waals surface area contributed by atoms with Gasteiger partial charge in [-0.3, -0.25) is 19.7 Å². The van der Waals surface area contributed by atoms with Crippen LogP contribution in [0.25, 0.3) is 16.8 Å². The molecule has 0 atom stereocenters. The van der Waals surface area contributed by atoms with E-state index in [1.807, 2.05) is 49.4 Å². The fourth-order valence-electron chi connectivity index (χ4n) is 4.31. The van der Waals surface area contributed by atoms with Crippen molar-refractivity contribution in [2.24, 2.45) is 0 Å². The number of nitro groups is 1. The number of fused-ring (bicyclic) bond motifs is 1. The highest BCUT2D eigenvalue weighted by Gasteiger charge is 2.35. The molecule has 1 saturated heterocycles. The molecule has 4 aromatic rings. The third kappa shape index (κ3) is 5.65. The van der Waals surface area contributed by atoms with E-state index in [1.165, 1.54) is 18.2 Å². The first kappa shape index (κ1) is 26.1. The van der Waals surface area contributed by atoms with Gasteiger partial charge in [0.05, 0.1) is 4.92 Å². The second-order valence-electron chi connectivity index (χ2n) is 9.21. The van der Waals surface area contributed by atoms with Crippen LogP contribution in [-0.4, -0.2) is 34.2 Å². The monoisotopic (exact) mass is 536 g/mol. The molecule has 0 aliphatic carbocycles. The molecule has 0 bridgehead atoms. The van der Waals surface area contributed by atoms with E-state index >= 15 is 0 Å². The molecule has 1 fully saturated rings. The number of nitro benzene ring substituents is 1. The van der Waals surface area contributed by atoms with Gasteiger partial charge in [0.2, 0.25) is 5.91 Å². The minimum absolute atomic E-state index is 0.00955. The van der Waals surface area contributed by atoms with E-state index in [4.69, 9.17) is 4.74 Å². The van der Waals surface area contributed by atoms with Gasteiger partial charge in [-0.05, 0) is 47.5 Å². The predicted molar refractivity (Wildman–Crippen MR) is 149 cm³/mol. The fourth-order valence-corrected chi connectivity index (χ4v) is 4.31. The van der Waals surface area contributed by atoms with Gasteiger partial charge in [-0.15, -0.1) is 0 Å². The number of carbonyl (C=O) groups excluding carboxylic acids is 3. The van der Waals surface area contributed by atoms with Crippen LogP contribution in [0.15, 0.2) is 90.6 Å². The van der Waals surface area contributed by atoms with Crippen molar-refractivity contribution in [3.8, 4) is 5.75 Å². The third-order valence-corrected chi connectivity index (χ3v) is 6.33. The van der Waals surface area contributed by atoms with Crippen LogP contribution in [0.1, 0.15) is 16.7 Å². The normalized spacial score (nSPS) is 13.9. The molecule has 1 aliphatic rings. The summed E-state index contributed by atoms with van der Waals surface area (Å²) >= 11 is 0. The number of benzene rings is 4. The smallest absolute Gasteiger partial charge is 0.329 e. The SMILES string of the molecule is Cc1ccc(NC(=O)CN2C(=O)N/C(=C/c3c(OCc4cccc([N+](=O)[O-])c4)ccc4ccccc34)C2=O)cc1. The average molecular weight is 537 g/mol. The first-order valence-electron chi connectivity index (χ1n) is 12.4. The number of ether oxygens (including phenoxy) is 1. The molecule has 200 valence electrons. The van der Waals surface area contributed by atoms with E-state index in [1.54, 1.807) is 30.3 Å². The number of urea groups is 1. The van der Waals surface area contributed by atoms with Crippen molar-refractivity contribution in [3.63, 3.8) is 0 Å². The molecule has 4 aromatic carbocycles. The van der Waals surface area contributed by atoms with Crippen LogP contribution in [0.2, 0.25) is 0 Å². The third-order valence-electron chi connectivity index (χ3n) is 6.33. The number of carbonyl (C=O) groups is 3. The number of imide groups is 1.